The Morgan fingerprint density at radius 3 is 1.95 bits per heavy atom. The van der Waals surface area contributed by atoms with Gasteiger partial charge in [-0.3, -0.25) is 0 Å². The molecule has 9 rings (SSSR count). The highest BCUT2D eigenvalue weighted by molar-refractivity contribution is 6.10. The first-order valence-corrected chi connectivity index (χ1v) is 14.5. The van der Waals surface area contributed by atoms with Gasteiger partial charge in [0.1, 0.15) is 11.2 Å². The Kier molecular flexibility index (Phi) is 4.25. The number of hydrogen-bond donors (Lipinski definition) is 0. The molecular formula is C40H27N3O. The summed E-state index contributed by atoms with van der Waals surface area (Å²) in [4.78, 5) is 14.4. The van der Waals surface area contributed by atoms with Crippen molar-refractivity contribution in [3.8, 4) is 45.3 Å². The molecule has 44 heavy (non-hydrogen) atoms. The molecule has 0 aliphatic heterocycles. The summed E-state index contributed by atoms with van der Waals surface area (Å²) < 4.78 is 48.5. The van der Waals surface area contributed by atoms with E-state index in [0.717, 1.165) is 43.8 Å². The Morgan fingerprint density at radius 2 is 1.16 bits per heavy atom. The molecule has 1 aliphatic carbocycles. The lowest BCUT2D eigenvalue weighted by Gasteiger charge is -2.21. The van der Waals surface area contributed by atoms with E-state index < -0.39 is 18.1 Å². The van der Waals surface area contributed by atoms with Crippen LogP contribution in [0.2, 0.25) is 0 Å². The molecule has 0 N–H and O–H groups in total. The lowest BCUT2D eigenvalue weighted by molar-refractivity contribution is 0.660. The molecule has 2 aromatic heterocycles. The van der Waals surface area contributed by atoms with Crippen LogP contribution in [0.1, 0.15) is 31.8 Å². The number of fused-ring (bicyclic) bond motifs is 7. The molecule has 0 amide bonds. The van der Waals surface area contributed by atoms with Crippen LogP contribution in [0.25, 0.3) is 78.0 Å². The van der Waals surface area contributed by atoms with E-state index in [9.17, 15) is 0 Å². The minimum Gasteiger partial charge on any atom is -0.456 e. The second-order valence-electron chi connectivity index (χ2n) is 11.7. The van der Waals surface area contributed by atoms with E-state index in [1.54, 1.807) is 0 Å². The van der Waals surface area contributed by atoms with Crippen LogP contribution in [0.5, 0.6) is 0 Å². The third-order valence-electron chi connectivity index (χ3n) is 8.80. The number of nitrogens with zero attached hydrogens (tertiary/aromatic N) is 3. The van der Waals surface area contributed by atoms with Crippen molar-refractivity contribution in [3.05, 3.63) is 138 Å². The molecule has 1 aliphatic rings. The minimum atomic E-state index is -0.475. The van der Waals surface area contributed by atoms with Crippen molar-refractivity contribution in [1.29, 1.82) is 0 Å². The molecular weight excluding hydrogens is 538 g/mol. The maximum absolute atomic E-state index is 8.69. The predicted molar refractivity (Wildman–Crippen MR) is 178 cm³/mol. The largest absolute Gasteiger partial charge is 0.456 e. The van der Waals surface area contributed by atoms with Gasteiger partial charge in [0.2, 0.25) is 0 Å². The molecule has 0 unspecified atom stereocenters. The van der Waals surface area contributed by atoms with Gasteiger partial charge in [-0.05, 0) is 63.4 Å². The Hall–Kier alpha value is -5.61. The zero-order chi connectivity index (χ0) is 33.8. The standard InChI is InChI=1S/C40H27N3O/c1-40(2)33-15-9-8-14-29(33)30-18-16-27(21-34(30)40)38-41-37(24-10-4-3-5-11-24)42-39(43-38)28-17-19-31-32-20-25-12-6-7-13-26(25)22-36(32)44-35(31)23-28/h3-23H,1-2H3/i3D,4D,5D,10D,11D. The van der Waals surface area contributed by atoms with Gasteiger partial charge in [-0.15, -0.1) is 0 Å². The van der Waals surface area contributed by atoms with Gasteiger partial charge in [0.25, 0.3) is 0 Å². The summed E-state index contributed by atoms with van der Waals surface area (Å²) in [5, 5.41) is 4.15. The van der Waals surface area contributed by atoms with Crippen LogP contribution in [0.4, 0.5) is 0 Å². The van der Waals surface area contributed by atoms with Crippen LogP contribution in [0.15, 0.2) is 132 Å². The fourth-order valence-corrected chi connectivity index (χ4v) is 6.55. The summed E-state index contributed by atoms with van der Waals surface area (Å²) in [6.07, 6.45) is 0. The van der Waals surface area contributed by atoms with Crippen molar-refractivity contribution in [2.24, 2.45) is 0 Å². The molecule has 0 atom stereocenters. The number of aromatic nitrogens is 3. The maximum Gasteiger partial charge on any atom is 0.164 e. The molecule has 4 heteroatoms. The lowest BCUT2D eigenvalue weighted by Crippen LogP contribution is -2.15. The third-order valence-corrected chi connectivity index (χ3v) is 8.80. The topological polar surface area (TPSA) is 51.8 Å². The first kappa shape index (κ1) is 20.3. The van der Waals surface area contributed by atoms with Crippen molar-refractivity contribution in [2.45, 2.75) is 19.3 Å². The highest BCUT2D eigenvalue weighted by Gasteiger charge is 2.35. The lowest BCUT2D eigenvalue weighted by atomic mass is 9.82. The summed E-state index contributed by atoms with van der Waals surface area (Å²) in [6.45, 7) is 4.40. The van der Waals surface area contributed by atoms with Crippen LogP contribution in [0.3, 0.4) is 0 Å². The summed E-state index contributed by atoms with van der Waals surface area (Å²) >= 11 is 0. The fraction of sp³-hybridized carbons (Fsp3) is 0.0750. The van der Waals surface area contributed by atoms with Gasteiger partial charge in [0.05, 0.1) is 6.85 Å². The second-order valence-corrected chi connectivity index (χ2v) is 11.7. The maximum atomic E-state index is 8.69. The van der Waals surface area contributed by atoms with Crippen LogP contribution >= 0.6 is 0 Å². The Balaban J connectivity index is 1.26. The number of furan rings is 1. The van der Waals surface area contributed by atoms with E-state index in [1.807, 2.05) is 48.5 Å². The van der Waals surface area contributed by atoms with Gasteiger partial charge in [0, 0.05) is 32.9 Å². The molecule has 0 bridgehead atoms. The van der Waals surface area contributed by atoms with Gasteiger partial charge in [0.15, 0.2) is 17.5 Å². The highest BCUT2D eigenvalue weighted by Crippen LogP contribution is 2.49. The first-order valence-electron chi connectivity index (χ1n) is 17.0. The van der Waals surface area contributed by atoms with Crippen LogP contribution in [-0.4, -0.2) is 15.0 Å². The number of hydrogen-bond acceptors (Lipinski definition) is 4. The monoisotopic (exact) mass is 570 g/mol. The molecule has 0 radical (unpaired) electrons. The van der Waals surface area contributed by atoms with Gasteiger partial charge in [-0.2, -0.15) is 0 Å². The molecule has 2 heterocycles. The highest BCUT2D eigenvalue weighted by atomic mass is 16.3. The van der Waals surface area contributed by atoms with E-state index >= 15 is 0 Å². The van der Waals surface area contributed by atoms with Crippen molar-refractivity contribution in [3.63, 3.8) is 0 Å². The van der Waals surface area contributed by atoms with E-state index in [-0.39, 0.29) is 28.9 Å². The fourth-order valence-electron chi connectivity index (χ4n) is 6.55. The summed E-state index contributed by atoms with van der Waals surface area (Å²) in [5.74, 6) is 0.621. The van der Waals surface area contributed by atoms with Crippen LogP contribution < -0.4 is 0 Å². The zero-order valence-electron chi connectivity index (χ0n) is 29.0. The van der Waals surface area contributed by atoms with Gasteiger partial charge in [-0.25, -0.2) is 15.0 Å². The minimum absolute atomic E-state index is 0.00371. The molecule has 0 fully saturated rings. The van der Waals surface area contributed by atoms with E-state index in [0.29, 0.717) is 22.8 Å². The van der Waals surface area contributed by atoms with Gasteiger partial charge in [-0.1, -0.05) is 111 Å². The SMILES string of the molecule is [2H]c1c([2H])c([2H])c(-c2nc(-c3ccc4c(c3)C(C)(C)c3ccccc3-4)nc(-c3ccc4c(c3)oc3cc5ccccc5cc34)n2)c([2H])c1[2H]. The molecule has 6 aromatic carbocycles. The molecule has 0 saturated carbocycles. The first-order chi connectivity index (χ1) is 23.6. The zero-order valence-corrected chi connectivity index (χ0v) is 24.0. The average molecular weight is 571 g/mol. The number of rotatable bonds is 3. The summed E-state index contributed by atoms with van der Waals surface area (Å²) in [5.41, 5.74) is 7.17. The summed E-state index contributed by atoms with van der Waals surface area (Å²) in [7, 11) is 0. The van der Waals surface area contributed by atoms with Crippen molar-refractivity contribution >= 4 is 32.7 Å². The average Bonchev–Trinajstić information content (AvgIpc) is 3.59. The predicted octanol–water partition coefficient (Wildman–Crippen LogP) is 10.2. The normalized spacial score (nSPS) is 15.0. The van der Waals surface area contributed by atoms with Crippen molar-refractivity contribution in [2.75, 3.05) is 0 Å². The quantitative estimate of drug-likeness (QED) is 0.212. The summed E-state index contributed by atoms with van der Waals surface area (Å²) in [6, 6.07) is 30.5. The van der Waals surface area contributed by atoms with Crippen molar-refractivity contribution in [1.82, 2.24) is 15.0 Å². The Labute approximate surface area is 261 Å². The molecule has 208 valence electrons. The second kappa shape index (κ2) is 9.19. The van der Waals surface area contributed by atoms with Crippen molar-refractivity contribution < 1.29 is 11.3 Å². The number of benzene rings is 6. The Bertz CT molecular complexity index is 2690. The van der Waals surface area contributed by atoms with Crippen LogP contribution in [-0.2, 0) is 5.41 Å². The third kappa shape index (κ3) is 3.74. The van der Waals surface area contributed by atoms with Gasteiger partial charge >= 0.3 is 0 Å². The molecule has 0 saturated heterocycles. The smallest absolute Gasteiger partial charge is 0.164 e. The molecule has 4 nitrogen and oxygen atoms in total. The van der Waals surface area contributed by atoms with E-state index in [1.165, 1.54) is 11.1 Å². The van der Waals surface area contributed by atoms with E-state index in [2.05, 4.69) is 62.4 Å². The Morgan fingerprint density at radius 1 is 0.545 bits per heavy atom. The van der Waals surface area contributed by atoms with E-state index in [4.69, 9.17) is 26.2 Å². The molecule has 0 spiro atoms. The van der Waals surface area contributed by atoms with Crippen LogP contribution in [0, 0.1) is 0 Å². The molecule has 8 aromatic rings. The van der Waals surface area contributed by atoms with Gasteiger partial charge < -0.3 is 4.42 Å².